The summed E-state index contributed by atoms with van der Waals surface area (Å²) in [7, 11) is 0. The lowest BCUT2D eigenvalue weighted by Crippen LogP contribution is -2.57. The van der Waals surface area contributed by atoms with Gasteiger partial charge in [0.1, 0.15) is 6.07 Å². The van der Waals surface area contributed by atoms with Gasteiger partial charge in [0.2, 0.25) is 5.76 Å². The first kappa shape index (κ1) is 16.2. The molecule has 25 heavy (non-hydrogen) atoms. The van der Waals surface area contributed by atoms with Gasteiger partial charge in [0.15, 0.2) is 5.09 Å². The number of hydrogen-bond acceptors (Lipinski definition) is 5. The number of nitriles is 1. The Labute approximate surface area is 151 Å². The standard InChI is InChI=1S/C19H19N3O2S/c20-11-15-3-6-18(24-15)25-16-4-1-14(2-5-16)19(23)21-17-12-22-9-7-13(17)8-10-22/h1-6,13,17H,7-10,12H2,(H,21,23). The zero-order valence-electron chi connectivity index (χ0n) is 13.8. The lowest BCUT2D eigenvalue weighted by atomic mass is 9.84. The molecule has 5 nitrogen and oxygen atoms in total. The van der Waals surface area contributed by atoms with Crippen molar-refractivity contribution in [3.05, 3.63) is 47.7 Å². The Morgan fingerprint density at radius 2 is 1.96 bits per heavy atom. The predicted octanol–water partition coefficient (Wildman–Crippen LogP) is 3.13. The molecule has 6 heteroatoms. The minimum atomic E-state index is 0.0000605. The van der Waals surface area contributed by atoms with Gasteiger partial charge in [-0.3, -0.25) is 4.79 Å². The lowest BCUT2D eigenvalue weighted by Gasteiger charge is -2.44. The molecular weight excluding hydrogens is 334 g/mol. The van der Waals surface area contributed by atoms with Crippen molar-refractivity contribution >= 4 is 17.7 Å². The van der Waals surface area contributed by atoms with Crippen LogP contribution in [0.5, 0.6) is 0 Å². The Morgan fingerprint density at radius 3 is 2.56 bits per heavy atom. The number of piperidine rings is 3. The Bertz CT molecular complexity index is 801. The molecule has 4 heterocycles. The third kappa shape index (κ3) is 3.58. The Morgan fingerprint density at radius 1 is 1.20 bits per heavy atom. The van der Waals surface area contributed by atoms with E-state index in [1.807, 2.05) is 30.3 Å². The highest BCUT2D eigenvalue weighted by atomic mass is 32.2. The van der Waals surface area contributed by atoms with Gasteiger partial charge in [0.05, 0.1) is 0 Å². The van der Waals surface area contributed by atoms with Gasteiger partial charge in [0, 0.05) is 23.0 Å². The second-order valence-corrected chi connectivity index (χ2v) is 7.65. The van der Waals surface area contributed by atoms with E-state index in [-0.39, 0.29) is 11.9 Å². The predicted molar refractivity (Wildman–Crippen MR) is 94.4 cm³/mol. The summed E-state index contributed by atoms with van der Waals surface area (Å²) in [6.45, 7) is 3.32. The van der Waals surface area contributed by atoms with Gasteiger partial charge in [-0.1, -0.05) is 11.8 Å². The first-order valence-electron chi connectivity index (χ1n) is 8.52. The van der Waals surface area contributed by atoms with Gasteiger partial charge in [-0.25, -0.2) is 0 Å². The summed E-state index contributed by atoms with van der Waals surface area (Å²) in [6, 6.07) is 13.2. The third-order valence-corrected chi connectivity index (χ3v) is 5.93. The molecule has 1 amide bonds. The minimum absolute atomic E-state index is 0.0000605. The Balaban J connectivity index is 1.38. The van der Waals surface area contributed by atoms with E-state index >= 15 is 0 Å². The third-order valence-electron chi connectivity index (χ3n) is 5.00. The number of carbonyl (C=O) groups excluding carboxylic acids is 1. The van der Waals surface area contributed by atoms with Gasteiger partial charge in [-0.15, -0.1) is 0 Å². The highest BCUT2D eigenvalue weighted by Gasteiger charge is 2.34. The Hall–Kier alpha value is -2.23. The van der Waals surface area contributed by atoms with Crippen LogP contribution in [0.15, 0.2) is 50.8 Å². The van der Waals surface area contributed by atoms with Crippen LogP contribution >= 0.6 is 11.8 Å². The molecule has 3 fully saturated rings. The van der Waals surface area contributed by atoms with Crippen molar-refractivity contribution in [2.24, 2.45) is 5.92 Å². The zero-order valence-corrected chi connectivity index (χ0v) is 14.6. The van der Waals surface area contributed by atoms with Gasteiger partial charge in [0.25, 0.3) is 5.91 Å². The number of nitrogens with zero attached hydrogens (tertiary/aromatic N) is 2. The lowest BCUT2D eigenvalue weighted by molar-refractivity contribution is 0.0620. The number of amides is 1. The molecule has 1 N–H and O–H groups in total. The summed E-state index contributed by atoms with van der Waals surface area (Å²) in [6.07, 6.45) is 2.38. The second-order valence-electron chi connectivity index (χ2n) is 6.57. The van der Waals surface area contributed by atoms with Crippen molar-refractivity contribution in [3.8, 4) is 6.07 Å². The number of furan rings is 1. The maximum absolute atomic E-state index is 12.5. The fraction of sp³-hybridized carbons (Fsp3) is 0.368. The molecule has 3 aliphatic heterocycles. The van der Waals surface area contributed by atoms with Crippen LogP contribution in [0.1, 0.15) is 29.0 Å². The molecule has 1 atom stereocenters. The fourth-order valence-electron chi connectivity index (χ4n) is 3.61. The van der Waals surface area contributed by atoms with Crippen molar-refractivity contribution in [1.29, 1.82) is 5.26 Å². The van der Waals surface area contributed by atoms with Crippen LogP contribution in [0.4, 0.5) is 0 Å². The Kier molecular flexibility index (Phi) is 4.51. The normalized spacial score (nSPS) is 24.7. The van der Waals surface area contributed by atoms with Crippen LogP contribution in [0.3, 0.4) is 0 Å². The SMILES string of the molecule is N#Cc1ccc(Sc2ccc(C(=O)NC3CN4CCC3CC4)cc2)o1. The van der Waals surface area contributed by atoms with Crippen molar-refractivity contribution in [1.82, 2.24) is 10.2 Å². The van der Waals surface area contributed by atoms with Gasteiger partial charge < -0.3 is 14.6 Å². The van der Waals surface area contributed by atoms with Crippen molar-refractivity contribution < 1.29 is 9.21 Å². The summed E-state index contributed by atoms with van der Waals surface area (Å²) >= 11 is 1.43. The number of carbonyl (C=O) groups is 1. The average molecular weight is 353 g/mol. The maximum atomic E-state index is 12.5. The van der Waals surface area contributed by atoms with Crippen molar-refractivity contribution in [2.45, 2.75) is 28.9 Å². The molecule has 3 saturated heterocycles. The molecule has 2 aromatic rings. The molecule has 1 aromatic heterocycles. The second kappa shape index (κ2) is 6.95. The summed E-state index contributed by atoms with van der Waals surface area (Å²) in [5.41, 5.74) is 0.679. The van der Waals surface area contributed by atoms with Gasteiger partial charge >= 0.3 is 0 Å². The monoisotopic (exact) mass is 353 g/mol. The molecule has 1 aromatic carbocycles. The van der Waals surface area contributed by atoms with E-state index in [0.29, 0.717) is 22.3 Å². The van der Waals surface area contributed by atoms with Crippen molar-refractivity contribution in [3.63, 3.8) is 0 Å². The molecule has 0 spiro atoms. The fourth-order valence-corrected chi connectivity index (χ4v) is 4.38. The van der Waals surface area contributed by atoms with E-state index in [1.165, 1.54) is 37.7 Å². The number of fused-ring (bicyclic) bond motifs is 3. The first-order valence-corrected chi connectivity index (χ1v) is 9.34. The number of nitrogens with one attached hydrogen (secondary N) is 1. The molecule has 1 unspecified atom stereocenters. The maximum Gasteiger partial charge on any atom is 0.251 e. The molecule has 5 rings (SSSR count). The van der Waals surface area contributed by atoms with Crippen LogP contribution in [0.2, 0.25) is 0 Å². The number of benzene rings is 1. The molecule has 2 bridgehead atoms. The quantitative estimate of drug-likeness (QED) is 0.914. The van der Waals surface area contributed by atoms with E-state index in [9.17, 15) is 4.79 Å². The number of hydrogen-bond donors (Lipinski definition) is 1. The van der Waals surface area contributed by atoms with E-state index in [0.717, 1.165) is 11.4 Å². The average Bonchev–Trinajstić information content (AvgIpc) is 3.11. The van der Waals surface area contributed by atoms with Crippen LogP contribution in [0, 0.1) is 17.2 Å². The van der Waals surface area contributed by atoms with E-state index in [1.54, 1.807) is 12.1 Å². The topological polar surface area (TPSA) is 69.3 Å². The highest BCUT2D eigenvalue weighted by Crippen LogP contribution is 2.30. The molecule has 128 valence electrons. The zero-order chi connectivity index (χ0) is 17.2. The van der Waals surface area contributed by atoms with E-state index < -0.39 is 0 Å². The molecular formula is C19H19N3O2S. The highest BCUT2D eigenvalue weighted by molar-refractivity contribution is 7.99. The minimum Gasteiger partial charge on any atom is -0.439 e. The van der Waals surface area contributed by atoms with Crippen molar-refractivity contribution in [2.75, 3.05) is 19.6 Å². The molecule has 3 aliphatic rings. The van der Waals surface area contributed by atoms with Crippen LogP contribution in [0.25, 0.3) is 0 Å². The largest absolute Gasteiger partial charge is 0.439 e. The summed E-state index contributed by atoms with van der Waals surface area (Å²) in [5, 5.41) is 12.7. The molecule has 0 saturated carbocycles. The first-order chi connectivity index (χ1) is 12.2. The summed E-state index contributed by atoms with van der Waals surface area (Å²) in [5.74, 6) is 0.924. The molecule has 0 aliphatic carbocycles. The van der Waals surface area contributed by atoms with E-state index in [2.05, 4.69) is 10.2 Å². The molecule has 0 radical (unpaired) electrons. The van der Waals surface area contributed by atoms with Crippen LogP contribution in [-0.2, 0) is 0 Å². The van der Waals surface area contributed by atoms with Crippen LogP contribution < -0.4 is 5.32 Å². The number of rotatable bonds is 4. The summed E-state index contributed by atoms with van der Waals surface area (Å²) in [4.78, 5) is 15.9. The smallest absolute Gasteiger partial charge is 0.251 e. The van der Waals surface area contributed by atoms with Gasteiger partial charge in [-0.2, -0.15) is 5.26 Å². The summed E-state index contributed by atoms with van der Waals surface area (Å²) < 4.78 is 5.36. The van der Waals surface area contributed by atoms with Crippen LogP contribution in [-0.4, -0.2) is 36.5 Å². The van der Waals surface area contributed by atoms with E-state index in [4.69, 9.17) is 9.68 Å². The van der Waals surface area contributed by atoms with Gasteiger partial charge in [-0.05, 0) is 68.2 Å².